The molecule has 3 aromatic rings. The van der Waals surface area contributed by atoms with E-state index >= 15 is 0 Å². The fraction of sp³-hybridized carbons (Fsp3) is 0.269. The van der Waals surface area contributed by atoms with Gasteiger partial charge in [0, 0.05) is 18.0 Å². The van der Waals surface area contributed by atoms with Crippen molar-refractivity contribution >= 4 is 23.4 Å². The van der Waals surface area contributed by atoms with Gasteiger partial charge in [0.05, 0.1) is 18.0 Å². The van der Waals surface area contributed by atoms with Crippen LogP contribution in [-0.4, -0.2) is 44.4 Å². The third-order valence-corrected chi connectivity index (χ3v) is 7.02. The molecule has 1 amide bonds. The summed E-state index contributed by atoms with van der Waals surface area (Å²) in [5, 5.41) is 13.8. The van der Waals surface area contributed by atoms with Crippen LogP contribution < -0.4 is 15.0 Å². The summed E-state index contributed by atoms with van der Waals surface area (Å²) in [6, 6.07) is 24.1. The first-order valence-electron chi connectivity index (χ1n) is 10.7. The second kappa shape index (κ2) is 10.2. The van der Waals surface area contributed by atoms with Gasteiger partial charge >= 0.3 is 0 Å². The van der Waals surface area contributed by atoms with Gasteiger partial charge in [0.15, 0.2) is 0 Å². The van der Waals surface area contributed by atoms with E-state index in [1.807, 2.05) is 55.6 Å². The maximum Gasteiger partial charge on any atom is 0.257 e. The standard InChI is InChI=1S/C26H28N2O3S/c1-27-14-15-28-22-13-8-19(16-18-6-4-3-5-7-18)17-23(22)32-25(24(29)26(28)30)20-9-11-21(31-2)12-10-20/h3-13,17,24-25,27,29H,14-16H2,1-2H3/t24-,25+/m1/s1. The number of likely N-dealkylation sites (N-methyl/N-ethyl adjacent to an activating group) is 1. The molecule has 6 heteroatoms. The Hall–Kier alpha value is -2.80. The Morgan fingerprint density at radius 1 is 1.03 bits per heavy atom. The van der Waals surface area contributed by atoms with Gasteiger partial charge in [-0.2, -0.15) is 0 Å². The molecule has 1 aliphatic heterocycles. The molecule has 5 nitrogen and oxygen atoms in total. The number of carbonyl (C=O) groups is 1. The zero-order valence-electron chi connectivity index (χ0n) is 18.3. The van der Waals surface area contributed by atoms with E-state index in [1.165, 1.54) is 11.1 Å². The van der Waals surface area contributed by atoms with Crippen LogP contribution in [-0.2, 0) is 11.2 Å². The Morgan fingerprint density at radius 3 is 2.47 bits per heavy atom. The van der Waals surface area contributed by atoms with Crippen LogP contribution in [0, 0.1) is 0 Å². The average Bonchev–Trinajstić information content (AvgIpc) is 2.93. The van der Waals surface area contributed by atoms with Crippen LogP contribution in [0.15, 0.2) is 77.7 Å². The Balaban J connectivity index is 1.72. The summed E-state index contributed by atoms with van der Waals surface area (Å²) in [4.78, 5) is 16.0. The van der Waals surface area contributed by atoms with Crippen LogP contribution >= 0.6 is 11.8 Å². The lowest BCUT2D eigenvalue weighted by molar-refractivity contribution is -0.126. The molecule has 2 N–H and O–H groups in total. The first kappa shape index (κ1) is 22.4. The highest BCUT2D eigenvalue weighted by Gasteiger charge is 2.37. The Morgan fingerprint density at radius 2 is 1.78 bits per heavy atom. The van der Waals surface area contributed by atoms with Gasteiger partial charge in [0.25, 0.3) is 5.91 Å². The molecule has 0 aromatic heterocycles. The summed E-state index contributed by atoms with van der Waals surface area (Å²) in [5.74, 6) is 0.470. The molecule has 0 saturated heterocycles. The molecule has 0 saturated carbocycles. The quantitative estimate of drug-likeness (QED) is 0.571. The molecule has 0 spiro atoms. The van der Waals surface area contributed by atoms with Crippen molar-refractivity contribution in [2.45, 2.75) is 22.7 Å². The number of ether oxygens (including phenoxy) is 1. The molecular weight excluding hydrogens is 420 g/mol. The monoisotopic (exact) mass is 448 g/mol. The van der Waals surface area contributed by atoms with Crippen molar-refractivity contribution < 1.29 is 14.6 Å². The molecule has 4 rings (SSSR count). The molecule has 0 bridgehead atoms. The molecule has 32 heavy (non-hydrogen) atoms. The third kappa shape index (κ3) is 4.83. The minimum atomic E-state index is -1.14. The van der Waals surface area contributed by atoms with E-state index in [-0.39, 0.29) is 5.91 Å². The van der Waals surface area contributed by atoms with Crippen molar-refractivity contribution in [1.82, 2.24) is 5.32 Å². The number of rotatable bonds is 7. The number of aliphatic hydroxyl groups excluding tert-OH is 1. The molecule has 166 valence electrons. The summed E-state index contributed by atoms with van der Waals surface area (Å²) in [6.07, 6.45) is -0.329. The van der Waals surface area contributed by atoms with Gasteiger partial charge in [-0.1, -0.05) is 48.5 Å². The van der Waals surface area contributed by atoms with Crippen molar-refractivity contribution in [1.29, 1.82) is 0 Å². The van der Waals surface area contributed by atoms with Gasteiger partial charge in [-0.15, -0.1) is 11.8 Å². The fourth-order valence-electron chi connectivity index (χ4n) is 3.92. The Kier molecular flexibility index (Phi) is 7.15. The van der Waals surface area contributed by atoms with Gasteiger partial charge in [-0.3, -0.25) is 4.79 Å². The lowest BCUT2D eigenvalue weighted by Gasteiger charge is -2.25. The molecule has 2 atom stereocenters. The van der Waals surface area contributed by atoms with Crippen LogP contribution in [0.3, 0.4) is 0 Å². The maximum atomic E-state index is 13.3. The molecule has 0 fully saturated rings. The Labute approximate surface area is 193 Å². The number of thioether (sulfide) groups is 1. The first-order chi connectivity index (χ1) is 15.6. The molecule has 0 radical (unpaired) electrons. The first-order valence-corrected chi connectivity index (χ1v) is 11.6. The highest BCUT2D eigenvalue weighted by atomic mass is 32.2. The number of nitrogens with one attached hydrogen (secondary N) is 1. The van der Waals surface area contributed by atoms with Crippen LogP contribution in [0.4, 0.5) is 5.69 Å². The van der Waals surface area contributed by atoms with Crippen LogP contribution in [0.2, 0.25) is 0 Å². The Bertz CT molecular complexity index is 1060. The lowest BCUT2D eigenvalue weighted by Crippen LogP contribution is -2.43. The molecular formula is C26H28N2O3S. The van der Waals surface area contributed by atoms with Gasteiger partial charge in [0.2, 0.25) is 0 Å². The molecule has 1 aliphatic rings. The largest absolute Gasteiger partial charge is 0.497 e. The summed E-state index contributed by atoms with van der Waals surface area (Å²) in [7, 11) is 3.48. The van der Waals surface area contributed by atoms with Crippen LogP contribution in [0.25, 0.3) is 0 Å². The van der Waals surface area contributed by atoms with Crippen molar-refractivity contribution in [3.8, 4) is 5.75 Å². The minimum absolute atomic E-state index is 0.275. The van der Waals surface area contributed by atoms with Crippen LogP contribution in [0.5, 0.6) is 5.75 Å². The number of fused-ring (bicyclic) bond motifs is 1. The third-order valence-electron chi connectivity index (χ3n) is 5.66. The average molecular weight is 449 g/mol. The fourth-order valence-corrected chi connectivity index (χ4v) is 5.26. The normalized spacial score (nSPS) is 18.2. The second-order valence-corrected chi connectivity index (χ2v) is 9.00. The molecule has 0 unspecified atom stereocenters. The van der Waals surface area contributed by atoms with Crippen molar-refractivity contribution in [3.05, 3.63) is 89.5 Å². The van der Waals surface area contributed by atoms with Crippen molar-refractivity contribution in [2.75, 3.05) is 32.1 Å². The number of methoxy groups -OCH3 is 1. The van der Waals surface area contributed by atoms with E-state index in [0.717, 1.165) is 28.3 Å². The van der Waals surface area contributed by atoms with Crippen molar-refractivity contribution in [3.63, 3.8) is 0 Å². The highest BCUT2D eigenvalue weighted by molar-refractivity contribution is 7.99. The maximum absolute atomic E-state index is 13.3. The SMILES string of the molecule is CNCCN1C(=O)[C@H](O)[C@H](c2ccc(OC)cc2)Sc2cc(Cc3ccccc3)ccc21. The van der Waals surface area contributed by atoms with E-state index < -0.39 is 11.4 Å². The zero-order valence-corrected chi connectivity index (χ0v) is 19.1. The lowest BCUT2D eigenvalue weighted by atomic mass is 10.0. The predicted octanol–water partition coefficient (Wildman–Crippen LogP) is 4.05. The van der Waals surface area contributed by atoms with Gasteiger partial charge in [-0.05, 0) is 54.4 Å². The summed E-state index contributed by atoms with van der Waals surface area (Å²) < 4.78 is 5.27. The van der Waals surface area contributed by atoms with E-state index in [4.69, 9.17) is 4.74 Å². The second-order valence-electron chi connectivity index (χ2n) is 7.81. The number of anilines is 1. The minimum Gasteiger partial charge on any atom is -0.497 e. The molecule has 0 aliphatic carbocycles. The number of benzene rings is 3. The predicted molar refractivity (Wildman–Crippen MR) is 130 cm³/mol. The van der Waals surface area contributed by atoms with E-state index in [2.05, 4.69) is 29.6 Å². The zero-order chi connectivity index (χ0) is 22.5. The number of nitrogens with zero attached hydrogens (tertiary/aromatic N) is 1. The van der Waals surface area contributed by atoms with Gasteiger partial charge < -0.3 is 20.1 Å². The smallest absolute Gasteiger partial charge is 0.257 e. The highest BCUT2D eigenvalue weighted by Crippen LogP contribution is 2.46. The summed E-state index contributed by atoms with van der Waals surface area (Å²) in [6.45, 7) is 1.13. The number of hydrogen-bond donors (Lipinski definition) is 2. The number of hydrogen-bond acceptors (Lipinski definition) is 5. The van der Waals surface area contributed by atoms with Gasteiger partial charge in [-0.25, -0.2) is 0 Å². The number of carbonyl (C=O) groups excluding carboxylic acids is 1. The van der Waals surface area contributed by atoms with E-state index in [9.17, 15) is 9.90 Å². The molecule has 1 heterocycles. The topological polar surface area (TPSA) is 61.8 Å². The van der Waals surface area contributed by atoms with Crippen LogP contribution in [0.1, 0.15) is 21.9 Å². The van der Waals surface area contributed by atoms with Gasteiger partial charge in [0.1, 0.15) is 11.9 Å². The van der Waals surface area contributed by atoms with E-state index in [0.29, 0.717) is 13.1 Å². The summed E-state index contributed by atoms with van der Waals surface area (Å²) in [5.41, 5.74) is 4.16. The molecule has 3 aromatic carbocycles. The summed E-state index contributed by atoms with van der Waals surface area (Å²) >= 11 is 1.54. The number of aliphatic hydroxyl groups is 1. The number of amides is 1. The van der Waals surface area contributed by atoms with E-state index in [1.54, 1.807) is 23.8 Å². The van der Waals surface area contributed by atoms with Crippen molar-refractivity contribution in [2.24, 2.45) is 0 Å².